The van der Waals surface area contributed by atoms with Gasteiger partial charge in [0.1, 0.15) is 10.7 Å². The van der Waals surface area contributed by atoms with Gasteiger partial charge in [-0.05, 0) is 41.5 Å². The third-order valence-corrected chi connectivity index (χ3v) is 6.53. The Labute approximate surface area is 173 Å². The van der Waals surface area contributed by atoms with E-state index in [4.69, 9.17) is 16.3 Å². The van der Waals surface area contributed by atoms with Crippen molar-refractivity contribution in [3.05, 3.63) is 94.5 Å². The Morgan fingerprint density at radius 2 is 1.62 bits per heavy atom. The normalized spacial score (nSPS) is 11.6. The maximum Gasteiger partial charge on any atom is 0.246 e. The van der Waals surface area contributed by atoms with E-state index in [-0.39, 0.29) is 18.8 Å². The Kier molecular flexibility index (Phi) is 6.52. The van der Waals surface area contributed by atoms with Crippen LogP contribution >= 0.6 is 11.6 Å². The molecule has 0 heterocycles. The highest BCUT2D eigenvalue weighted by atomic mass is 35.5. The zero-order chi connectivity index (χ0) is 21.0. The number of sulfonamides is 1. The first kappa shape index (κ1) is 21.2. The number of halogens is 3. The van der Waals surface area contributed by atoms with Crippen LogP contribution in [0.4, 0.5) is 8.78 Å². The first-order valence-corrected chi connectivity index (χ1v) is 10.4. The van der Waals surface area contributed by atoms with Crippen molar-refractivity contribution in [2.75, 3.05) is 7.11 Å². The highest BCUT2D eigenvalue weighted by Crippen LogP contribution is 2.27. The molecule has 0 spiro atoms. The van der Waals surface area contributed by atoms with Crippen molar-refractivity contribution in [1.29, 1.82) is 0 Å². The van der Waals surface area contributed by atoms with Gasteiger partial charge in [-0.15, -0.1) is 0 Å². The van der Waals surface area contributed by atoms with Gasteiger partial charge in [-0.25, -0.2) is 17.2 Å². The fourth-order valence-electron chi connectivity index (χ4n) is 2.85. The van der Waals surface area contributed by atoms with Crippen molar-refractivity contribution < 1.29 is 21.9 Å². The number of methoxy groups -OCH3 is 1. The second-order valence-corrected chi connectivity index (χ2v) is 8.58. The Balaban J connectivity index is 2.03. The first-order valence-electron chi connectivity index (χ1n) is 8.63. The fourth-order valence-corrected chi connectivity index (χ4v) is 4.51. The van der Waals surface area contributed by atoms with E-state index in [1.807, 2.05) is 0 Å². The molecule has 0 radical (unpaired) electrons. The van der Waals surface area contributed by atoms with E-state index in [1.165, 1.54) is 37.4 Å². The monoisotopic (exact) mass is 437 g/mol. The third-order valence-electron chi connectivity index (χ3n) is 4.33. The maximum absolute atomic E-state index is 14.3. The van der Waals surface area contributed by atoms with Crippen LogP contribution in [0.3, 0.4) is 0 Å². The Bertz CT molecular complexity index is 1120. The van der Waals surface area contributed by atoms with Crippen LogP contribution in [0, 0.1) is 11.6 Å². The predicted molar refractivity (Wildman–Crippen MR) is 107 cm³/mol. The minimum atomic E-state index is -4.23. The predicted octanol–water partition coefficient (Wildman–Crippen LogP) is 5.02. The summed E-state index contributed by atoms with van der Waals surface area (Å²) in [5.41, 5.74) is 0.929. The van der Waals surface area contributed by atoms with E-state index >= 15 is 0 Å². The van der Waals surface area contributed by atoms with Crippen LogP contribution in [0.2, 0.25) is 5.02 Å². The topological polar surface area (TPSA) is 46.6 Å². The van der Waals surface area contributed by atoms with E-state index in [0.29, 0.717) is 16.1 Å². The molecule has 0 bridgehead atoms. The van der Waals surface area contributed by atoms with E-state index in [1.54, 1.807) is 30.3 Å². The average molecular weight is 438 g/mol. The van der Waals surface area contributed by atoms with Gasteiger partial charge >= 0.3 is 0 Å². The number of benzene rings is 3. The smallest absolute Gasteiger partial charge is 0.246 e. The summed E-state index contributed by atoms with van der Waals surface area (Å²) in [5.74, 6) is -1.44. The molecule has 0 aromatic heterocycles. The SMILES string of the molecule is COc1ccc(CN(Cc2ccccc2Cl)S(=O)(=O)c2ccccc2F)cc1F. The molecular weight excluding hydrogens is 420 g/mol. The summed E-state index contributed by atoms with van der Waals surface area (Å²) >= 11 is 6.19. The van der Waals surface area contributed by atoms with Gasteiger partial charge in [0.15, 0.2) is 11.6 Å². The molecule has 0 saturated carbocycles. The minimum Gasteiger partial charge on any atom is -0.494 e. The highest BCUT2D eigenvalue weighted by molar-refractivity contribution is 7.89. The summed E-state index contributed by atoms with van der Waals surface area (Å²) in [7, 11) is -2.89. The van der Waals surface area contributed by atoms with Crippen molar-refractivity contribution >= 4 is 21.6 Å². The van der Waals surface area contributed by atoms with Crippen molar-refractivity contribution in [3.8, 4) is 5.75 Å². The number of hydrogen-bond acceptors (Lipinski definition) is 3. The molecule has 3 rings (SSSR count). The molecule has 4 nitrogen and oxygen atoms in total. The van der Waals surface area contributed by atoms with Gasteiger partial charge in [0, 0.05) is 18.1 Å². The third kappa shape index (κ3) is 4.75. The molecule has 0 amide bonds. The van der Waals surface area contributed by atoms with Crippen LogP contribution in [0.15, 0.2) is 71.6 Å². The summed E-state index contributed by atoms with van der Waals surface area (Å²) in [5, 5.41) is 0.377. The molecule has 3 aromatic rings. The lowest BCUT2D eigenvalue weighted by Gasteiger charge is -2.23. The Morgan fingerprint density at radius 1 is 0.931 bits per heavy atom. The lowest BCUT2D eigenvalue weighted by molar-refractivity contribution is 0.381. The van der Waals surface area contributed by atoms with Gasteiger partial charge in [-0.3, -0.25) is 0 Å². The number of ether oxygens (including phenoxy) is 1. The van der Waals surface area contributed by atoms with Crippen LogP contribution in [-0.4, -0.2) is 19.8 Å². The van der Waals surface area contributed by atoms with Gasteiger partial charge in [0.2, 0.25) is 10.0 Å². The fraction of sp³-hybridized carbons (Fsp3) is 0.143. The first-order chi connectivity index (χ1) is 13.8. The summed E-state index contributed by atoms with van der Waals surface area (Å²) in [6.45, 7) is -0.285. The van der Waals surface area contributed by atoms with Gasteiger partial charge in [-0.2, -0.15) is 4.31 Å². The molecule has 0 unspecified atom stereocenters. The molecule has 0 fully saturated rings. The molecule has 0 saturated heterocycles. The van der Waals surface area contributed by atoms with E-state index in [0.717, 1.165) is 10.4 Å². The van der Waals surface area contributed by atoms with Gasteiger partial charge in [-0.1, -0.05) is 48.0 Å². The summed E-state index contributed by atoms with van der Waals surface area (Å²) in [4.78, 5) is -0.457. The van der Waals surface area contributed by atoms with Crippen LogP contribution in [-0.2, 0) is 23.1 Å². The maximum atomic E-state index is 14.3. The molecule has 0 aliphatic rings. The zero-order valence-corrected chi connectivity index (χ0v) is 17.1. The quantitative estimate of drug-likeness (QED) is 0.521. The average Bonchev–Trinajstić information content (AvgIpc) is 2.69. The molecule has 8 heteroatoms. The van der Waals surface area contributed by atoms with Crippen molar-refractivity contribution in [1.82, 2.24) is 4.31 Å². The molecule has 152 valence electrons. The molecule has 3 aromatic carbocycles. The summed E-state index contributed by atoms with van der Waals surface area (Å²) < 4.78 is 60.7. The van der Waals surface area contributed by atoms with Crippen molar-refractivity contribution in [3.63, 3.8) is 0 Å². The van der Waals surface area contributed by atoms with Gasteiger partial charge in [0.05, 0.1) is 7.11 Å². The van der Waals surface area contributed by atoms with Crippen LogP contribution < -0.4 is 4.74 Å². The van der Waals surface area contributed by atoms with Crippen molar-refractivity contribution in [2.24, 2.45) is 0 Å². The summed E-state index contributed by atoms with van der Waals surface area (Å²) in [6, 6.07) is 16.0. The Morgan fingerprint density at radius 3 is 2.28 bits per heavy atom. The molecule has 0 aliphatic heterocycles. The molecule has 0 aliphatic carbocycles. The van der Waals surface area contributed by atoms with Crippen molar-refractivity contribution in [2.45, 2.75) is 18.0 Å². The lowest BCUT2D eigenvalue weighted by atomic mass is 10.2. The molecule has 29 heavy (non-hydrogen) atoms. The van der Waals surface area contributed by atoms with E-state index in [9.17, 15) is 17.2 Å². The van der Waals surface area contributed by atoms with Crippen LogP contribution in [0.25, 0.3) is 0 Å². The van der Waals surface area contributed by atoms with Gasteiger partial charge in [0.25, 0.3) is 0 Å². The number of rotatable bonds is 7. The largest absolute Gasteiger partial charge is 0.494 e. The molecule has 0 N–H and O–H groups in total. The summed E-state index contributed by atoms with van der Waals surface area (Å²) in [6.07, 6.45) is 0. The van der Waals surface area contributed by atoms with E-state index < -0.39 is 26.6 Å². The van der Waals surface area contributed by atoms with E-state index in [2.05, 4.69) is 0 Å². The zero-order valence-electron chi connectivity index (χ0n) is 15.5. The highest BCUT2D eigenvalue weighted by Gasteiger charge is 2.28. The minimum absolute atomic E-state index is 0.0448. The van der Waals surface area contributed by atoms with Gasteiger partial charge < -0.3 is 4.74 Å². The second kappa shape index (κ2) is 8.90. The number of hydrogen-bond donors (Lipinski definition) is 0. The Hall–Kier alpha value is -2.48. The van der Waals surface area contributed by atoms with Crippen LogP contribution in [0.1, 0.15) is 11.1 Å². The number of nitrogens with zero attached hydrogens (tertiary/aromatic N) is 1. The molecule has 0 atom stereocenters. The second-order valence-electron chi connectivity index (χ2n) is 6.26. The van der Waals surface area contributed by atoms with Crippen LogP contribution in [0.5, 0.6) is 5.75 Å². The lowest BCUT2D eigenvalue weighted by Crippen LogP contribution is -2.31. The standard InChI is InChI=1S/C21H18ClF2NO3S/c1-28-20-11-10-15(12-19(20)24)13-25(14-16-6-2-3-7-17(16)22)29(26,27)21-9-5-4-8-18(21)23/h2-12H,13-14H2,1H3. The molecular formula is C21H18ClF2NO3S.